The third-order valence-corrected chi connectivity index (χ3v) is 7.72. The molecule has 3 aliphatic rings. The van der Waals surface area contributed by atoms with E-state index in [1.807, 2.05) is 0 Å². The Morgan fingerprint density at radius 3 is 1.98 bits per heavy atom. The van der Waals surface area contributed by atoms with Crippen molar-refractivity contribution in [3.8, 4) is 0 Å². The molecular formula is C27H38O14. The lowest BCUT2D eigenvalue weighted by atomic mass is 9.93. The van der Waals surface area contributed by atoms with Crippen molar-refractivity contribution in [2.75, 3.05) is 0 Å². The molecule has 13 atom stereocenters. The van der Waals surface area contributed by atoms with Gasteiger partial charge in [0, 0.05) is 6.42 Å². The van der Waals surface area contributed by atoms with E-state index in [4.69, 9.17) is 23.7 Å². The normalized spacial score (nSPS) is 40.5. The van der Waals surface area contributed by atoms with E-state index >= 15 is 0 Å². The number of ether oxygens (including phenoxy) is 5. The highest BCUT2D eigenvalue weighted by atomic mass is 16.7. The summed E-state index contributed by atoms with van der Waals surface area (Å²) in [4.78, 5) is 23.9. The molecule has 3 fully saturated rings. The number of carboxylic acid groups (broad SMARTS) is 2. The number of hydrogen-bond acceptors (Lipinski definition) is 12. The van der Waals surface area contributed by atoms with Gasteiger partial charge in [0.2, 0.25) is 0 Å². The molecule has 0 radical (unpaired) electrons. The van der Waals surface area contributed by atoms with Crippen molar-refractivity contribution in [1.29, 1.82) is 0 Å². The summed E-state index contributed by atoms with van der Waals surface area (Å²) in [7, 11) is 0. The third kappa shape index (κ3) is 7.40. The topological polar surface area (TPSA) is 222 Å². The molecule has 0 bridgehead atoms. The highest BCUT2D eigenvalue weighted by Crippen LogP contribution is 2.33. The van der Waals surface area contributed by atoms with E-state index in [2.05, 4.69) is 0 Å². The maximum absolute atomic E-state index is 12.0. The average molecular weight is 587 g/mol. The van der Waals surface area contributed by atoms with E-state index in [9.17, 15) is 45.3 Å². The quantitative estimate of drug-likeness (QED) is 0.171. The van der Waals surface area contributed by atoms with Crippen molar-refractivity contribution in [1.82, 2.24) is 0 Å². The van der Waals surface area contributed by atoms with Gasteiger partial charge in [-0.1, -0.05) is 43.2 Å². The van der Waals surface area contributed by atoms with E-state index in [1.54, 1.807) is 30.3 Å². The van der Waals surface area contributed by atoms with Crippen LogP contribution in [0.2, 0.25) is 0 Å². The Labute approximate surface area is 236 Å². The Morgan fingerprint density at radius 2 is 1.41 bits per heavy atom. The predicted octanol–water partition coefficient (Wildman–Crippen LogP) is -1.23. The average Bonchev–Trinajstić information content (AvgIpc) is 2.94. The standard InChI is InChI=1S/C27H38O14/c1-12-17(28)18(29)19(30)26(37-12)39-14-9-5-6-10-15(14)40-27-21(32)22(20(31)23(41-27)25(35)36)38-16(24(33)34)11-13-7-3-2-4-8-13/h2-4,7-8,12,14-23,26-32H,5-6,9-11H2,1H3,(H,33,34)(H,35,36)/t12-,14+,15+,16+,17-,18-,19-,20+,21-,22-,23+,26-,27-/m1/s1. The molecule has 2 heterocycles. The molecule has 1 aromatic rings. The first-order valence-corrected chi connectivity index (χ1v) is 13.6. The van der Waals surface area contributed by atoms with Crippen molar-refractivity contribution in [2.24, 2.45) is 0 Å². The van der Waals surface area contributed by atoms with E-state index in [1.165, 1.54) is 6.92 Å². The van der Waals surface area contributed by atoms with Gasteiger partial charge in [-0.3, -0.25) is 0 Å². The van der Waals surface area contributed by atoms with Gasteiger partial charge in [-0.15, -0.1) is 0 Å². The first kappa shape index (κ1) is 31.7. The molecule has 230 valence electrons. The number of carboxylic acids is 2. The van der Waals surface area contributed by atoms with Gasteiger partial charge < -0.3 is 59.4 Å². The zero-order chi connectivity index (χ0) is 29.8. The summed E-state index contributed by atoms with van der Waals surface area (Å²) in [6, 6.07) is 8.53. The van der Waals surface area contributed by atoms with Crippen LogP contribution in [-0.4, -0.2) is 127 Å². The SMILES string of the molecule is C[C@H]1O[C@H](O[C@H]2CCCC[C@@H]2O[C@@H]2O[C@H](C(=O)O)[C@@H](O)[C@@H](O[C@@H](Cc3ccccc3)C(=O)O)[C@H]2O)[C@H](O)[C@H](O)[C@@H]1O. The number of carbonyl (C=O) groups is 2. The summed E-state index contributed by atoms with van der Waals surface area (Å²) in [6.07, 6.45) is -16.4. The summed E-state index contributed by atoms with van der Waals surface area (Å²) in [5.41, 5.74) is 0.611. The van der Waals surface area contributed by atoms with Crippen LogP contribution in [0, 0.1) is 0 Å². The molecule has 2 saturated heterocycles. The van der Waals surface area contributed by atoms with Crippen LogP contribution in [0.15, 0.2) is 30.3 Å². The van der Waals surface area contributed by atoms with Crippen LogP contribution in [0.4, 0.5) is 0 Å². The fraction of sp³-hybridized carbons (Fsp3) is 0.704. The molecule has 41 heavy (non-hydrogen) atoms. The van der Waals surface area contributed by atoms with Crippen LogP contribution < -0.4 is 0 Å². The molecular weight excluding hydrogens is 548 g/mol. The van der Waals surface area contributed by atoms with Gasteiger partial charge >= 0.3 is 11.9 Å². The summed E-state index contributed by atoms with van der Waals surface area (Å²) < 4.78 is 28.5. The summed E-state index contributed by atoms with van der Waals surface area (Å²) in [5, 5.41) is 71.7. The maximum atomic E-state index is 12.0. The van der Waals surface area contributed by atoms with Gasteiger partial charge in [0.15, 0.2) is 24.8 Å². The van der Waals surface area contributed by atoms with E-state index in [0.717, 1.165) is 0 Å². The van der Waals surface area contributed by atoms with Crippen molar-refractivity contribution in [2.45, 2.75) is 119 Å². The van der Waals surface area contributed by atoms with E-state index in [0.29, 0.717) is 31.2 Å². The molecule has 1 aromatic carbocycles. The lowest BCUT2D eigenvalue weighted by Crippen LogP contribution is -2.63. The molecule has 14 nitrogen and oxygen atoms in total. The van der Waals surface area contributed by atoms with Gasteiger partial charge in [0.1, 0.15) is 36.6 Å². The Hall–Kier alpha value is -2.24. The number of aliphatic hydroxyl groups is 5. The zero-order valence-electron chi connectivity index (χ0n) is 22.4. The lowest BCUT2D eigenvalue weighted by molar-refractivity contribution is -0.341. The van der Waals surface area contributed by atoms with Crippen molar-refractivity contribution < 1.29 is 69.0 Å². The molecule has 2 aliphatic heterocycles. The van der Waals surface area contributed by atoms with Crippen LogP contribution in [0.25, 0.3) is 0 Å². The molecule has 4 rings (SSSR count). The second-order valence-electron chi connectivity index (χ2n) is 10.7. The van der Waals surface area contributed by atoms with Crippen LogP contribution in [0.3, 0.4) is 0 Å². The van der Waals surface area contributed by atoms with Crippen molar-refractivity contribution in [3.63, 3.8) is 0 Å². The first-order valence-electron chi connectivity index (χ1n) is 13.6. The van der Waals surface area contributed by atoms with Gasteiger partial charge in [0.25, 0.3) is 0 Å². The Kier molecular flexibility index (Phi) is 10.7. The highest BCUT2D eigenvalue weighted by Gasteiger charge is 2.52. The van der Waals surface area contributed by atoms with Gasteiger partial charge in [0.05, 0.1) is 18.3 Å². The summed E-state index contributed by atoms with van der Waals surface area (Å²) in [5.74, 6) is -2.95. The molecule has 0 amide bonds. The smallest absolute Gasteiger partial charge is 0.335 e. The van der Waals surface area contributed by atoms with Crippen LogP contribution in [0.5, 0.6) is 0 Å². The molecule has 14 heteroatoms. The van der Waals surface area contributed by atoms with Crippen LogP contribution in [-0.2, 0) is 39.7 Å². The van der Waals surface area contributed by atoms with Crippen molar-refractivity contribution >= 4 is 11.9 Å². The molecule has 1 saturated carbocycles. The summed E-state index contributed by atoms with van der Waals surface area (Å²) >= 11 is 0. The minimum Gasteiger partial charge on any atom is -0.479 e. The predicted molar refractivity (Wildman–Crippen MR) is 135 cm³/mol. The second kappa shape index (κ2) is 13.8. The Morgan fingerprint density at radius 1 is 0.829 bits per heavy atom. The minimum absolute atomic E-state index is 0.114. The largest absolute Gasteiger partial charge is 0.479 e. The zero-order valence-corrected chi connectivity index (χ0v) is 22.4. The first-order chi connectivity index (χ1) is 19.5. The number of hydrogen-bond donors (Lipinski definition) is 7. The Balaban J connectivity index is 1.49. The fourth-order valence-electron chi connectivity index (χ4n) is 5.37. The third-order valence-electron chi connectivity index (χ3n) is 7.72. The maximum Gasteiger partial charge on any atom is 0.335 e. The lowest BCUT2D eigenvalue weighted by Gasteiger charge is -2.45. The van der Waals surface area contributed by atoms with Gasteiger partial charge in [-0.2, -0.15) is 0 Å². The van der Waals surface area contributed by atoms with Crippen molar-refractivity contribution in [3.05, 3.63) is 35.9 Å². The monoisotopic (exact) mass is 586 g/mol. The van der Waals surface area contributed by atoms with Gasteiger partial charge in [-0.25, -0.2) is 9.59 Å². The molecule has 1 aliphatic carbocycles. The molecule has 0 unspecified atom stereocenters. The second-order valence-corrected chi connectivity index (χ2v) is 10.7. The number of benzene rings is 1. The highest BCUT2D eigenvalue weighted by molar-refractivity contribution is 5.74. The van der Waals surface area contributed by atoms with Crippen LogP contribution >= 0.6 is 0 Å². The van der Waals surface area contributed by atoms with E-state index in [-0.39, 0.29) is 6.42 Å². The molecule has 7 N–H and O–H groups in total. The summed E-state index contributed by atoms with van der Waals surface area (Å²) in [6.45, 7) is 1.51. The molecule has 0 aromatic heterocycles. The number of aliphatic hydroxyl groups excluding tert-OH is 5. The molecule has 0 spiro atoms. The number of rotatable bonds is 10. The Bertz CT molecular complexity index is 1010. The van der Waals surface area contributed by atoms with Crippen LogP contribution in [0.1, 0.15) is 38.2 Å². The van der Waals surface area contributed by atoms with Gasteiger partial charge in [-0.05, 0) is 25.3 Å². The minimum atomic E-state index is -1.92. The number of aliphatic carboxylic acids is 2. The van der Waals surface area contributed by atoms with E-state index < -0.39 is 91.7 Å². The fourth-order valence-corrected chi connectivity index (χ4v) is 5.37.